The molecule has 2 aliphatic rings. The van der Waals surface area contributed by atoms with E-state index in [0.717, 1.165) is 23.2 Å². The predicted molar refractivity (Wildman–Crippen MR) is 250 cm³/mol. The first-order chi connectivity index (χ1) is 34.5. The average Bonchev–Trinajstić information content (AvgIpc) is 4.02. The lowest BCUT2D eigenvalue weighted by molar-refractivity contribution is -0.118. The zero-order chi connectivity index (χ0) is 51.5. The molecule has 0 spiro atoms. The maximum Gasteiger partial charge on any atom is 0.368 e. The Morgan fingerprint density at radius 3 is 2.15 bits per heavy atom. The van der Waals surface area contributed by atoms with Crippen LogP contribution in [0.15, 0.2) is 112 Å². The Kier molecular flexibility index (Phi) is 15.0. The van der Waals surface area contributed by atoms with Crippen molar-refractivity contribution in [2.75, 3.05) is 39.4 Å². The van der Waals surface area contributed by atoms with Gasteiger partial charge < -0.3 is 42.9 Å². The number of aromatic nitrogens is 6. The number of anilines is 1. The number of nitriles is 1. The molecule has 3 aromatic heterocycles. The zero-order valence-electron chi connectivity index (χ0n) is 38.9. The molecule has 0 saturated carbocycles. The third-order valence-electron chi connectivity index (χ3n) is 12.3. The third-order valence-corrected chi connectivity index (χ3v) is 14.7. The van der Waals surface area contributed by atoms with Gasteiger partial charge in [0.2, 0.25) is 17.2 Å². The number of alkyl halides is 2. The van der Waals surface area contributed by atoms with E-state index in [2.05, 4.69) is 20.3 Å². The molecule has 8 rings (SSSR count). The Hall–Kier alpha value is -6.94. The summed E-state index contributed by atoms with van der Waals surface area (Å²) in [6.45, 7) is 0.498. The number of H-pyrrole nitrogens is 2. The van der Waals surface area contributed by atoms with Gasteiger partial charge in [0.15, 0.2) is 36.0 Å². The van der Waals surface area contributed by atoms with E-state index in [4.69, 9.17) is 32.7 Å². The van der Waals surface area contributed by atoms with Gasteiger partial charge in [0, 0.05) is 18.2 Å². The molecule has 2 aliphatic heterocycles. The van der Waals surface area contributed by atoms with Crippen molar-refractivity contribution in [1.82, 2.24) is 29.1 Å². The molecule has 6 aromatic rings. The van der Waals surface area contributed by atoms with Crippen molar-refractivity contribution in [3.63, 3.8) is 0 Å². The highest BCUT2D eigenvalue weighted by Crippen LogP contribution is 2.67. The van der Waals surface area contributed by atoms with Gasteiger partial charge in [-0.3, -0.25) is 43.4 Å². The fourth-order valence-corrected chi connectivity index (χ4v) is 10.5. The first kappa shape index (κ1) is 51.4. The van der Waals surface area contributed by atoms with Crippen molar-refractivity contribution in [2.45, 2.75) is 74.3 Å². The fourth-order valence-electron chi connectivity index (χ4n) is 8.45. The standard InChI is InChI=1S/C47H49F2N8O14P/c1-26(2)40(60)54-44-53-39-36(41(61)55-44)51-25-57(39)42-35(48)37(59)32(70-42)23-69-72(64,68-22-8-20-50)47(63)33(71-43(38(47)49)56-21-19-34(58)52-45(56)62)24-67-46(27-9-6-5-7-10-27,28-11-15-30(65-3)16-12-28)29-13-17-31(66-4)18-14-29/h5-7,9-19,21,25-26,32-33,35,37-38,42-43,59,63H,8,22-24H2,1-4H3,(H,52,58,62)(H2,53,54,55,60,61)/t32-,33-,35-,37-,38+,42-,43-,47+,72?/m1/s1. The van der Waals surface area contributed by atoms with E-state index in [-0.39, 0.29) is 17.1 Å². The van der Waals surface area contributed by atoms with Crippen molar-refractivity contribution in [3.8, 4) is 17.6 Å². The van der Waals surface area contributed by atoms with Gasteiger partial charge in [0.1, 0.15) is 35.4 Å². The van der Waals surface area contributed by atoms with Crippen LogP contribution in [0.3, 0.4) is 0 Å². The number of hydrogen-bond donors (Lipinski definition) is 5. The number of carbonyl (C=O) groups is 1. The van der Waals surface area contributed by atoms with Crippen LogP contribution >= 0.6 is 7.60 Å². The van der Waals surface area contributed by atoms with Crippen LogP contribution < -0.4 is 31.6 Å². The lowest BCUT2D eigenvalue weighted by Gasteiger charge is -2.40. The molecule has 5 heterocycles. The van der Waals surface area contributed by atoms with Gasteiger partial charge in [-0.25, -0.2) is 18.6 Å². The maximum atomic E-state index is 17.7. The van der Waals surface area contributed by atoms with E-state index in [1.807, 2.05) is 4.98 Å². The quantitative estimate of drug-likeness (QED) is 0.0436. The SMILES string of the molecule is COc1ccc(C(OC[C@H]2O[C@@H](n3ccc(=O)[nH]c3=O)[C@H](F)[C@@]2(O)P(=O)(OCCC#N)OC[C@H]2O[C@@H](n3cnc4c(=O)[nH]c(NC(=O)C(C)C)nc43)[C@H](F)[C@@H]2O)(c2ccccc2)c2ccc(OC)cc2)cc1. The van der Waals surface area contributed by atoms with Gasteiger partial charge in [0.05, 0.1) is 52.9 Å². The summed E-state index contributed by atoms with van der Waals surface area (Å²) in [5.41, 5.74) is -3.60. The monoisotopic (exact) mass is 1020 g/mol. The highest BCUT2D eigenvalue weighted by atomic mass is 31.2. The van der Waals surface area contributed by atoms with Crippen LogP contribution in [0.5, 0.6) is 11.5 Å². The summed E-state index contributed by atoms with van der Waals surface area (Å²) in [5, 5.41) is 32.7. The van der Waals surface area contributed by atoms with Gasteiger partial charge in [0.25, 0.3) is 11.1 Å². The molecular weight excluding hydrogens is 970 g/mol. The van der Waals surface area contributed by atoms with Crippen LogP contribution in [-0.4, -0.2) is 115 Å². The van der Waals surface area contributed by atoms with Gasteiger partial charge in [-0.2, -0.15) is 10.2 Å². The Morgan fingerprint density at radius 2 is 1.56 bits per heavy atom. The number of rotatable bonds is 19. The smallest absolute Gasteiger partial charge is 0.368 e. The third kappa shape index (κ3) is 9.48. The molecule has 5 N–H and O–H groups in total. The van der Waals surface area contributed by atoms with Crippen molar-refractivity contribution >= 4 is 30.6 Å². The topological polar surface area (TPSA) is 293 Å². The van der Waals surface area contributed by atoms with Gasteiger partial charge in [-0.15, -0.1) is 0 Å². The molecule has 72 heavy (non-hydrogen) atoms. The molecule has 0 aliphatic carbocycles. The first-order valence-electron chi connectivity index (χ1n) is 22.3. The van der Waals surface area contributed by atoms with E-state index in [1.54, 1.807) is 98.8 Å². The Bertz CT molecular complexity index is 3120. The van der Waals surface area contributed by atoms with Crippen LogP contribution in [-0.2, 0) is 38.2 Å². The molecule has 25 heteroatoms. The number of carbonyl (C=O) groups excluding carboxylic acids is 1. The second kappa shape index (κ2) is 21.0. The predicted octanol–water partition coefficient (Wildman–Crippen LogP) is 3.95. The summed E-state index contributed by atoms with van der Waals surface area (Å²) in [6, 6.07) is 24.9. The van der Waals surface area contributed by atoms with Crippen LogP contribution in [0, 0.1) is 17.2 Å². The van der Waals surface area contributed by atoms with Crippen molar-refractivity contribution < 1.29 is 61.1 Å². The van der Waals surface area contributed by atoms with Crippen LogP contribution in [0.2, 0.25) is 0 Å². The molecule has 0 bridgehead atoms. The van der Waals surface area contributed by atoms with E-state index in [0.29, 0.717) is 32.8 Å². The van der Waals surface area contributed by atoms with Crippen LogP contribution in [0.1, 0.15) is 49.4 Å². The number of methoxy groups -OCH3 is 2. The molecule has 0 radical (unpaired) electrons. The van der Waals surface area contributed by atoms with E-state index < -0.39 is 117 Å². The minimum absolute atomic E-state index is 0.260. The Morgan fingerprint density at radius 1 is 0.917 bits per heavy atom. The summed E-state index contributed by atoms with van der Waals surface area (Å²) in [5.74, 6) is -0.332. The first-order valence-corrected chi connectivity index (χ1v) is 23.9. The maximum absolute atomic E-state index is 17.7. The highest BCUT2D eigenvalue weighted by molar-refractivity contribution is 7.55. The number of aliphatic hydroxyl groups is 2. The number of hydrogen-bond acceptors (Lipinski definition) is 17. The number of aromatic amines is 2. The fraction of sp³-hybridized carbons (Fsp3) is 0.383. The number of imidazole rings is 1. The second-order valence-electron chi connectivity index (χ2n) is 16.9. The van der Waals surface area contributed by atoms with E-state index >= 15 is 13.3 Å². The van der Waals surface area contributed by atoms with Gasteiger partial charge in [-0.1, -0.05) is 68.4 Å². The number of aliphatic hydroxyl groups excluding tert-OH is 1. The lowest BCUT2D eigenvalue weighted by Crippen LogP contribution is -2.50. The number of nitrogens with one attached hydrogen (secondary N) is 3. The second-order valence-corrected chi connectivity index (χ2v) is 19.2. The summed E-state index contributed by atoms with van der Waals surface area (Å²) in [4.78, 5) is 63.3. The summed E-state index contributed by atoms with van der Waals surface area (Å²) < 4.78 is 92.4. The number of ether oxygens (including phenoxy) is 5. The number of halogens is 2. The van der Waals surface area contributed by atoms with Crippen molar-refractivity contribution in [3.05, 3.63) is 145 Å². The Labute approximate surface area is 407 Å². The van der Waals surface area contributed by atoms with Gasteiger partial charge in [-0.05, 0) is 41.0 Å². The van der Waals surface area contributed by atoms with E-state index in [9.17, 15) is 34.7 Å². The van der Waals surface area contributed by atoms with Crippen LogP contribution in [0.25, 0.3) is 11.2 Å². The van der Waals surface area contributed by atoms with Crippen LogP contribution in [0.4, 0.5) is 14.7 Å². The molecule has 1 amide bonds. The highest BCUT2D eigenvalue weighted by Gasteiger charge is 2.70. The molecule has 1 unspecified atom stereocenters. The minimum atomic E-state index is -5.60. The summed E-state index contributed by atoms with van der Waals surface area (Å²) in [7, 11) is -2.64. The number of amides is 1. The molecule has 3 aromatic carbocycles. The molecule has 380 valence electrons. The molecule has 2 fully saturated rings. The molecule has 22 nitrogen and oxygen atoms in total. The Balaban J connectivity index is 1.19. The largest absolute Gasteiger partial charge is 0.497 e. The normalized spacial score (nSPS) is 24.0. The minimum Gasteiger partial charge on any atom is -0.497 e. The zero-order valence-corrected chi connectivity index (χ0v) is 39.8. The number of benzene rings is 3. The van der Waals surface area contributed by atoms with Crippen molar-refractivity contribution in [1.29, 1.82) is 5.26 Å². The lowest BCUT2D eigenvalue weighted by atomic mass is 9.80. The molecular formula is C47H49F2N8O14P. The van der Waals surface area contributed by atoms with E-state index in [1.165, 1.54) is 14.2 Å². The molecule has 2 saturated heterocycles. The summed E-state index contributed by atoms with van der Waals surface area (Å²) >= 11 is 0. The number of nitrogens with zero attached hydrogens (tertiary/aromatic N) is 5. The summed E-state index contributed by atoms with van der Waals surface area (Å²) in [6.07, 6.45) is -13.8. The molecule has 9 atom stereocenters. The van der Waals surface area contributed by atoms with Crippen molar-refractivity contribution in [2.24, 2.45) is 5.92 Å². The average molecular weight is 1020 g/mol. The number of fused-ring (bicyclic) bond motifs is 1. The van der Waals surface area contributed by atoms with Gasteiger partial charge >= 0.3 is 13.3 Å².